The summed E-state index contributed by atoms with van der Waals surface area (Å²) in [4.78, 5) is 4.00. The van der Waals surface area contributed by atoms with Gasteiger partial charge in [0, 0.05) is 18.0 Å². The first kappa shape index (κ1) is 12.9. The molecule has 0 fully saturated rings. The third-order valence-electron chi connectivity index (χ3n) is 2.72. The first-order valence-electron chi connectivity index (χ1n) is 6.06. The average Bonchev–Trinajstić information content (AvgIpc) is 2.41. The Kier molecular flexibility index (Phi) is 4.59. The van der Waals surface area contributed by atoms with Crippen LogP contribution in [0, 0.1) is 0 Å². The van der Waals surface area contributed by atoms with Gasteiger partial charge < -0.3 is 4.74 Å². The number of halogens is 1. The molecule has 1 aromatic carbocycles. The molecule has 18 heavy (non-hydrogen) atoms. The number of ether oxygens (including phenoxy) is 1. The van der Waals surface area contributed by atoms with Crippen molar-refractivity contribution in [2.75, 3.05) is 6.61 Å². The predicted octanol–water partition coefficient (Wildman–Crippen LogP) is 4.00. The van der Waals surface area contributed by atoms with Crippen molar-refractivity contribution in [1.29, 1.82) is 0 Å². The van der Waals surface area contributed by atoms with E-state index in [1.165, 1.54) is 5.56 Å². The van der Waals surface area contributed by atoms with Crippen LogP contribution in [-0.2, 0) is 6.42 Å². The zero-order chi connectivity index (χ0) is 12.8. The zero-order valence-electron chi connectivity index (χ0n) is 10.3. The lowest BCUT2D eigenvalue weighted by Gasteiger charge is -2.14. The number of benzene rings is 1. The van der Waals surface area contributed by atoms with Crippen molar-refractivity contribution >= 4 is 11.6 Å². The summed E-state index contributed by atoms with van der Waals surface area (Å²) in [7, 11) is 0. The van der Waals surface area contributed by atoms with E-state index in [1.54, 1.807) is 12.4 Å². The maximum atomic E-state index is 6.48. The molecule has 0 N–H and O–H groups in total. The standard InChI is InChI=1S/C15H16ClNO/c1-2-18-15-6-4-3-5-13(15)14(16)11-12-7-9-17-10-8-12/h3-10,14H,2,11H2,1H3. The Labute approximate surface area is 113 Å². The number of rotatable bonds is 5. The summed E-state index contributed by atoms with van der Waals surface area (Å²) in [6.45, 7) is 2.62. The first-order valence-corrected chi connectivity index (χ1v) is 6.49. The summed E-state index contributed by atoms with van der Waals surface area (Å²) in [6.07, 6.45) is 4.34. The van der Waals surface area contributed by atoms with Gasteiger partial charge in [0.2, 0.25) is 0 Å². The van der Waals surface area contributed by atoms with Crippen LogP contribution in [0.3, 0.4) is 0 Å². The van der Waals surface area contributed by atoms with Gasteiger partial charge in [0.25, 0.3) is 0 Å². The van der Waals surface area contributed by atoms with Crippen LogP contribution >= 0.6 is 11.6 Å². The normalized spacial score (nSPS) is 12.1. The first-order chi connectivity index (χ1) is 8.81. The highest BCUT2D eigenvalue weighted by Gasteiger charge is 2.13. The molecule has 94 valence electrons. The molecule has 2 nitrogen and oxygen atoms in total. The molecule has 1 atom stereocenters. The SMILES string of the molecule is CCOc1ccccc1C(Cl)Cc1ccncc1. The summed E-state index contributed by atoms with van der Waals surface area (Å²) >= 11 is 6.48. The Balaban J connectivity index is 2.16. The fourth-order valence-corrected chi connectivity index (χ4v) is 2.22. The lowest BCUT2D eigenvalue weighted by Crippen LogP contribution is -2.01. The van der Waals surface area contributed by atoms with E-state index in [1.807, 2.05) is 43.3 Å². The van der Waals surface area contributed by atoms with Crippen molar-refractivity contribution < 1.29 is 4.74 Å². The maximum absolute atomic E-state index is 6.48. The molecule has 0 aliphatic carbocycles. The molecule has 2 rings (SSSR count). The van der Waals surface area contributed by atoms with Gasteiger partial charge >= 0.3 is 0 Å². The summed E-state index contributed by atoms with van der Waals surface area (Å²) in [5.74, 6) is 0.869. The summed E-state index contributed by atoms with van der Waals surface area (Å²) in [6, 6.07) is 11.9. The molecule has 0 bridgehead atoms. The van der Waals surface area contributed by atoms with Crippen LogP contribution in [-0.4, -0.2) is 11.6 Å². The largest absolute Gasteiger partial charge is 0.494 e. The van der Waals surface area contributed by atoms with E-state index in [-0.39, 0.29) is 5.38 Å². The number of aromatic nitrogens is 1. The third kappa shape index (κ3) is 3.23. The second kappa shape index (κ2) is 6.41. The van der Waals surface area contributed by atoms with E-state index < -0.39 is 0 Å². The van der Waals surface area contributed by atoms with Gasteiger partial charge in [-0.05, 0) is 37.1 Å². The molecule has 0 saturated carbocycles. The maximum Gasteiger partial charge on any atom is 0.123 e. The topological polar surface area (TPSA) is 22.1 Å². The summed E-state index contributed by atoms with van der Waals surface area (Å²) < 4.78 is 5.60. The van der Waals surface area contributed by atoms with Crippen molar-refractivity contribution in [1.82, 2.24) is 4.98 Å². The van der Waals surface area contributed by atoms with Crippen LogP contribution in [0.2, 0.25) is 0 Å². The third-order valence-corrected chi connectivity index (χ3v) is 3.11. The van der Waals surface area contributed by atoms with Gasteiger partial charge in [-0.3, -0.25) is 4.98 Å². The summed E-state index contributed by atoms with van der Waals surface area (Å²) in [5, 5.41) is -0.0878. The molecule has 3 heteroatoms. The second-order valence-electron chi connectivity index (χ2n) is 4.00. The Morgan fingerprint density at radius 3 is 2.61 bits per heavy atom. The minimum atomic E-state index is -0.0878. The molecule has 1 heterocycles. The van der Waals surface area contributed by atoms with Gasteiger partial charge in [-0.1, -0.05) is 18.2 Å². The fraction of sp³-hybridized carbons (Fsp3) is 0.267. The van der Waals surface area contributed by atoms with Crippen molar-refractivity contribution in [3.63, 3.8) is 0 Å². The van der Waals surface area contributed by atoms with Crippen LogP contribution < -0.4 is 4.74 Å². The second-order valence-corrected chi connectivity index (χ2v) is 4.52. The molecule has 0 amide bonds. The molecule has 0 spiro atoms. The highest BCUT2D eigenvalue weighted by atomic mass is 35.5. The lowest BCUT2D eigenvalue weighted by atomic mass is 10.0. The number of pyridine rings is 1. The van der Waals surface area contributed by atoms with Gasteiger partial charge in [0.15, 0.2) is 0 Å². The molecule has 1 unspecified atom stereocenters. The molecular formula is C15H16ClNO. The van der Waals surface area contributed by atoms with Gasteiger partial charge in [0.05, 0.1) is 12.0 Å². The van der Waals surface area contributed by atoms with Gasteiger partial charge in [-0.25, -0.2) is 0 Å². The van der Waals surface area contributed by atoms with Crippen LogP contribution in [0.25, 0.3) is 0 Å². The molecule has 0 aliphatic heterocycles. The van der Waals surface area contributed by atoms with Crippen LogP contribution in [0.5, 0.6) is 5.75 Å². The minimum Gasteiger partial charge on any atom is -0.494 e. The Morgan fingerprint density at radius 1 is 1.17 bits per heavy atom. The van der Waals surface area contributed by atoms with E-state index in [0.29, 0.717) is 6.61 Å². The molecule has 1 aromatic heterocycles. The molecule has 0 radical (unpaired) electrons. The molecule has 2 aromatic rings. The van der Waals surface area contributed by atoms with Crippen LogP contribution in [0.4, 0.5) is 0 Å². The Bertz CT molecular complexity index is 487. The van der Waals surface area contributed by atoms with E-state index in [0.717, 1.165) is 17.7 Å². The van der Waals surface area contributed by atoms with Crippen LogP contribution in [0.1, 0.15) is 23.4 Å². The molecule has 0 aliphatic rings. The number of nitrogens with zero attached hydrogens (tertiary/aromatic N) is 1. The summed E-state index contributed by atoms with van der Waals surface area (Å²) in [5.41, 5.74) is 2.22. The lowest BCUT2D eigenvalue weighted by molar-refractivity contribution is 0.336. The quantitative estimate of drug-likeness (QED) is 0.759. The number of hydrogen-bond donors (Lipinski definition) is 0. The van der Waals surface area contributed by atoms with Crippen molar-refractivity contribution in [3.05, 3.63) is 59.9 Å². The number of para-hydroxylation sites is 1. The van der Waals surface area contributed by atoms with Gasteiger partial charge in [-0.15, -0.1) is 11.6 Å². The highest BCUT2D eigenvalue weighted by molar-refractivity contribution is 6.21. The zero-order valence-corrected chi connectivity index (χ0v) is 11.1. The van der Waals surface area contributed by atoms with Crippen molar-refractivity contribution in [3.8, 4) is 5.75 Å². The van der Waals surface area contributed by atoms with E-state index in [9.17, 15) is 0 Å². The average molecular weight is 262 g/mol. The monoisotopic (exact) mass is 261 g/mol. The van der Waals surface area contributed by atoms with Crippen molar-refractivity contribution in [2.45, 2.75) is 18.7 Å². The van der Waals surface area contributed by atoms with E-state index in [4.69, 9.17) is 16.3 Å². The van der Waals surface area contributed by atoms with E-state index in [2.05, 4.69) is 4.98 Å². The fourth-order valence-electron chi connectivity index (χ4n) is 1.86. The van der Waals surface area contributed by atoms with Crippen LogP contribution in [0.15, 0.2) is 48.8 Å². The smallest absolute Gasteiger partial charge is 0.123 e. The number of hydrogen-bond acceptors (Lipinski definition) is 2. The Morgan fingerprint density at radius 2 is 1.89 bits per heavy atom. The predicted molar refractivity (Wildman–Crippen MR) is 74.1 cm³/mol. The van der Waals surface area contributed by atoms with Crippen molar-refractivity contribution in [2.24, 2.45) is 0 Å². The van der Waals surface area contributed by atoms with E-state index >= 15 is 0 Å². The Hall–Kier alpha value is -1.54. The highest BCUT2D eigenvalue weighted by Crippen LogP contribution is 2.32. The molecular weight excluding hydrogens is 246 g/mol. The van der Waals surface area contributed by atoms with Gasteiger partial charge in [-0.2, -0.15) is 0 Å². The number of alkyl halides is 1. The minimum absolute atomic E-state index is 0.0878. The van der Waals surface area contributed by atoms with Gasteiger partial charge in [0.1, 0.15) is 5.75 Å². The molecule has 0 saturated heterocycles.